The molecule has 1 aromatic heterocycles. The van der Waals surface area contributed by atoms with Crippen LogP contribution in [0.5, 0.6) is 0 Å². The highest BCUT2D eigenvalue weighted by Gasteiger charge is 2.23. The van der Waals surface area contributed by atoms with Crippen LogP contribution in [0.1, 0.15) is 0 Å². The normalized spacial score (nSPS) is 11.5. The van der Waals surface area contributed by atoms with Crippen molar-refractivity contribution in [3.8, 4) is 11.3 Å². The predicted molar refractivity (Wildman–Crippen MR) is 100 cm³/mol. The number of hydrogen-bond donors (Lipinski definition) is 1. The minimum Gasteiger partial charge on any atom is -0.268 e. The number of halogens is 3. The van der Waals surface area contributed by atoms with Gasteiger partial charge < -0.3 is 0 Å². The molecule has 6 nitrogen and oxygen atoms in total. The number of nitrogens with zero attached hydrogens (tertiary/aromatic N) is 2. The molecule has 0 aliphatic rings. The lowest BCUT2D eigenvalue weighted by Gasteiger charge is -2.10. The summed E-state index contributed by atoms with van der Waals surface area (Å²) in [4.78, 5) is 10.9. The van der Waals surface area contributed by atoms with Crippen LogP contribution in [0.15, 0.2) is 64.3 Å². The Morgan fingerprint density at radius 3 is 2.29 bits per heavy atom. The van der Waals surface area contributed by atoms with Gasteiger partial charge in [-0.05, 0) is 30.3 Å². The van der Waals surface area contributed by atoms with E-state index >= 15 is 0 Å². The lowest BCUT2D eigenvalue weighted by molar-refractivity contribution is 0.508. The maximum absolute atomic E-state index is 13.7. The Balaban J connectivity index is 1.77. The molecule has 0 spiro atoms. The number of benzene rings is 2. The van der Waals surface area contributed by atoms with Gasteiger partial charge in [-0.3, -0.25) is 4.79 Å². The standard InChI is InChI=1S/C18H14ClF2N3O3S/c19-13-6-4-12(5-7-13)16-8-9-17(25)24(23-16)11-10-22-28(26,27)18-14(20)2-1-3-15(18)21/h1-9,22H,10-11H2. The average molecular weight is 426 g/mol. The highest BCUT2D eigenvalue weighted by Crippen LogP contribution is 2.19. The maximum atomic E-state index is 13.7. The Morgan fingerprint density at radius 1 is 1.00 bits per heavy atom. The molecule has 3 rings (SSSR count). The van der Waals surface area contributed by atoms with Crippen molar-refractivity contribution in [2.45, 2.75) is 11.4 Å². The van der Waals surface area contributed by atoms with Gasteiger partial charge in [0, 0.05) is 23.2 Å². The third kappa shape index (κ3) is 4.44. The summed E-state index contributed by atoms with van der Waals surface area (Å²) in [5, 5.41) is 4.73. The molecule has 28 heavy (non-hydrogen) atoms. The molecule has 0 aliphatic heterocycles. The van der Waals surface area contributed by atoms with Crippen LogP contribution < -0.4 is 10.3 Å². The van der Waals surface area contributed by atoms with E-state index in [-0.39, 0.29) is 13.1 Å². The van der Waals surface area contributed by atoms with Gasteiger partial charge in [0.25, 0.3) is 5.56 Å². The molecule has 0 saturated carbocycles. The zero-order valence-corrected chi connectivity index (χ0v) is 15.8. The van der Waals surface area contributed by atoms with Crippen molar-refractivity contribution in [1.29, 1.82) is 0 Å². The molecule has 0 amide bonds. The quantitative estimate of drug-likeness (QED) is 0.658. The second-order valence-corrected chi connectivity index (χ2v) is 7.88. The molecule has 10 heteroatoms. The Morgan fingerprint density at radius 2 is 1.64 bits per heavy atom. The first-order valence-corrected chi connectivity index (χ1v) is 9.92. The highest BCUT2D eigenvalue weighted by atomic mass is 35.5. The van der Waals surface area contributed by atoms with E-state index in [4.69, 9.17) is 11.6 Å². The molecule has 0 radical (unpaired) electrons. The molecule has 0 fully saturated rings. The maximum Gasteiger partial charge on any atom is 0.266 e. The summed E-state index contributed by atoms with van der Waals surface area (Å²) in [6, 6.07) is 12.4. The second kappa shape index (κ2) is 8.17. The van der Waals surface area contributed by atoms with Crippen molar-refractivity contribution in [2.75, 3.05) is 6.54 Å². The van der Waals surface area contributed by atoms with Gasteiger partial charge in [-0.15, -0.1) is 0 Å². The van der Waals surface area contributed by atoms with Crippen LogP contribution in [0, 0.1) is 11.6 Å². The van der Waals surface area contributed by atoms with E-state index in [2.05, 4.69) is 9.82 Å². The van der Waals surface area contributed by atoms with Crippen molar-refractivity contribution in [3.05, 3.63) is 81.6 Å². The van der Waals surface area contributed by atoms with E-state index in [1.165, 1.54) is 12.1 Å². The van der Waals surface area contributed by atoms with Crippen molar-refractivity contribution >= 4 is 21.6 Å². The van der Waals surface area contributed by atoms with Crippen LogP contribution in [0.2, 0.25) is 5.02 Å². The molecule has 0 aliphatic carbocycles. The van der Waals surface area contributed by atoms with Gasteiger partial charge in [0.15, 0.2) is 4.90 Å². The van der Waals surface area contributed by atoms with Crippen molar-refractivity contribution < 1.29 is 17.2 Å². The van der Waals surface area contributed by atoms with Gasteiger partial charge in [0.05, 0.1) is 12.2 Å². The van der Waals surface area contributed by atoms with Crippen LogP contribution in [0.4, 0.5) is 8.78 Å². The fraction of sp³-hybridized carbons (Fsp3) is 0.111. The first kappa shape index (κ1) is 20.1. The summed E-state index contributed by atoms with van der Waals surface area (Å²) >= 11 is 5.85. The molecule has 0 bridgehead atoms. The highest BCUT2D eigenvalue weighted by molar-refractivity contribution is 7.89. The van der Waals surface area contributed by atoms with E-state index in [0.717, 1.165) is 22.9 Å². The fourth-order valence-corrected chi connectivity index (χ4v) is 3.76. The van der Waals surface area contributed by atoms with Gasteiger partial charge >= 0.3 is 0 Å². The summed E-state index contributed by atoms with van der Waals surface area (Å²) in [7, 11) is -4.43. The van der Waals surface area contributed by atoms with Crippen LogP contribution >= 0.6 is 11.6 Å². The van der Waals surface area contributed by atoms with Gasteiger partial charge in [0.2, 0.25) is 10.0 Å². The van der Waals surface area contributed by atoms with Crippen LogP contribution in [0.25, 0.3) is 11.3 Å². The van der Waals surface area contributed by atoms with Crippen molar-refractivity contribution in [1.82, 2.24) is 14.5 Å². The minimum atomic E-state index is -4.43. The predicted octanol–water partition coefficient (Wildman–Crippen LogP) is 2.82. The van der Waals surface area contributed by atoms with Crippen molar-refractivity contribution in [2.24, 2.45) is 0 Å². The minimum absolute atomic E-state index is 0.129. The SMILES string of the molecule is O=c1ccc(-c2ccc(Cl)cc2)nn1CCNS(=O)(=O)c1c(F)cccc1F. The van der Waals surface area contributed by atoms with Crippen LogP contribution in [0.3, 0.4) is 0 Å². The third-order valence-electron chi connectivity index (χ3n) is 3.81. The Hall–Kier alpha value is -2.62. The van der Waals surface area contributed by atoms with Gasteiger partial charge in [0.1, 0.15) is 11.6 Å². The second-order valence-electron chi connectivity index (χ2n) is 5.74. The molecular formula is C18H14ClF2N3O3S. The topological polar surface area (TPSA) is 81.1 Å². The molecule has 0 atom stereocenters. The van der Waals surface area contributed by atoms with E-state index in [1.807, 2.05) is 0 Å². The molecular weight excluding hydrogens is 412 g/mol. The monoisotopic (exact) mass is 425 g/mol. The van der Waals surface area contributed by atoms with E-state index in [0.29, 0.717) is 16.3 Å². The van der Waals surface area contributed by atoms with Crippen LogP contribution in [-0.2, 0) is 16.6 Å². The first-order valence-electron chi connectivity index (χ1n) is 8.06. The summed E-state index contributed by atoms with van der Waals surface area (Å²) in [5.41, 5.74) is 0.750. The molecule has 0 unspecified atom stereocenters. The number of hydrogen-bond acceptors (Lipinski definition) is 4. The average Bonchev–Trinajstić information content (AvgIpc) is 2.63. The molecule has 146 valence electrons. The summed E-state index contributed by atoms with van der Waals surface area (Å²) in [6.07, 6.45) is 0. The van der Waals surface area contributed by atoms with Crippen LogP contribution in [-0.4, -0.2) is 24.7 Å². The molecule has 1 N–H and O–H groups in total. The zero-order valence-electron chi connectivity index (χ0n) is 14.3. The molecule has 0 saturated heterocycles. The fourth-order valence-electron chi connectivity index (χ4n) is 2.48. The number of rotatable bonds is 6. The Kier molecular flexibility index (Phi) is 5.87. The van der Waals surface area contributed by atoms with E-state index in [9.17, 15) is 22.0 Å². The summed E-state index contributed by atoms with van der Waals surface area (Å²) in [6.45, 7) is -0.414. The van der Waals surface area contributed by atoms with E-state index < -0.39 is 32.1 Å². The zero-order chi connectivity index (χ0) is 20.3. The summed E-state index contributed by atoms with van der Waals surface area (Å²) < 4.78 is 54.8. The summed E-state index contributed by atoms with van der Waals surface area (Å²) in [5.74, 6) is -2.40. The van der Waals surface area contributed by atoms with Crippen molar-refractivity contribution in [3.63, 3.8) is 0 Å². The number of sulfonamides is 1. The molecule has 2 aromatic carbocycles. The first-order chi connectivity index (χ1) is 13.3. The number of aromatic nitrogens is 2. The van der Waals surface area contributed by atoms with E-state index in [1.54, 1.807) is 24.3 Å². The largest absolute Gasteiger partial charge is 0.268 e. The third-order valence-corrected chi connectivity index (χ3v) is 5.57. The smallest absolute Gasteiger partial charge is 0.266 e. The lowest BCUT2D eigenvalue weighted by atomic mass is 10.1. The molecule has 1 heterocycles. The van der Waals surface area contributed by atoms with Gasteiger partial charge in [-0.25, -0.2) is 26.6 Å². The molecule has 3 aromatic rings. The Bertz CT molecular complexity index is 1150. The van der Waals surface area contributed by atoms with Gasteiger partial charge in [-0.1, -0.05) is 29.8 Å². The Labute approximate surface area is 164 Å². The lowest BCUT2D eigenvalue weighted by Crippen LogP contribution is -2.32. The number of nitrogens with one attached hydrogen (secondary N) is 1. The van der Waals surface area contributed by atoms with Gasteiger partial charge in [-0.2, -0.15) is 5.10 Å².